The Morgan fingerprint density at radius 3 is 2.86 bits per heavy atom. The lowest BCUT2D eigenvalue weighted by molar-refractivity contribution is 0.0265. The van der Waals surface area contributed by atoms with Crippen molar-refractivity contribution in [2.24, 2.45) is 0 Å². The first kappa shape index (κ1) is 19.1. The number of hydrogen-bond donors (Lipinski definition) is 0. The Bertz CT molecular complexity index is 1130. The van der Waals surface area contributed by atoms with Gasteiger partial charge in [-0.2, -0.15) is 4.98 Å². The first-order valence-electron chi connectivity index (χ1n) is 8.99. The number of ether oxygens (including phenoxy) is 1. The molecular formula is C19H18N4O5S. The lowest BCUT2D eigenvalue weighted by atomic mass is 10.2. The van der Waals surface area contributed by atoms with Gasteiger partial charge in [-0.3, -0.25) is 9.29 Å². The summed E-state index contributed by atoms with van der Waals surface area (Å²) in [6.45, 7) is 2.02. The number of anilines is 1. The van der Waals surface area contributed by atoms with Gasteiger partial charge in [-0.05, 0) is 43.7 Å². The maximum Gasteiger partial charge on any atom is 0.338 e. The average Bonchev–Trinajstić information content (AvgIpc) is 3.35. The van der Waals surface area contributed by atoms with E-state index in [-0.39, 0.29) is 17.2 Å². The Morgan fingerprint density at radius 2 is 2.14 bits per heavy atom. The number of rotatable bonds is 5. The summed E-state index contributed by atoms with van der Waals surface area (Å²) in [6.07, 6.45) is 3.02. The number of benzene rings is 1. The minimum Gasteiger partial charge on any atom is -0.449 e. The van der Waals surface area contributed by atoms with Crippen LogP contribution in [0, 0.1) is 0 Å². The normalized spacial score (nSPS) is 16.5. The second-order valence-corrected chi connectivity index (χ2v) is 8.55. The molecule has 10 heteroatoms. The van der Waals surface area contributed by atoms with Crippen LogP contribution in [-0.4, -0.2) is 41.8 Å². The third kappa shape index (κ3) is 3.97. The van der Waals surface area contributed by atoms with Gasteiger partial charge in [0.2, 0.25) is 15.8 Å². The van der Waals surface area contributed by atoms with Crippen LogP contribution in [0.3, 0.4) is 0 Å². The number of sulfonamides is 1. The van der Waals surface area contributed by atoms with Gasteiger partial charge in [0.1, 0.15) is 0 Å². The molecule has 0 amide bonds. The molecule has 0 bridgehead atoms. The molecule has 1 unspecified atom stereocenters. The zero-order valence-corrected chi connectivity index (χ0v) is 16.4. The van der Waals surface area contributed by atoms with Gasteiger partial charge < -0.3 is 9.26 Å². The molecule has 0 saturated carbocycles. The van der Waals surface area contributed by atoms with E-state index in [1.807, 2.05) is 0 Å². The second-order valence-electron chi connectivity index (χ2n) is 6.54. The highest BCUT2D eigenvalue weighted by molar-refractivity contribution is 7.93. The molecule has 3 aromatic rings. The zero-order chi connectivity index (χ0) is 20.4. The molecule has 150 valence electrons. The molecule has 1 aromatic carbocycles. The molecule has 2 aromatic heterocycles. The molecule has 4 rings (SSSR count). The van der Waals surface area contributed by atoms with E-state index in [4.69, 9.17) is 9.26 Å². The fraction of sp³-hybridized carbons (Fsp3) is 0.263. The van der Waals surface area contributed by atoms with E-state index in [0.29, 0.717) is 30.0 Å². The third-order valence-corrected chi connectivity index (χ3v) is 6.33. The largest absolute Gasteiger partial charge is 0.449 e. The van der Waals surface area contributed by atoms with Crippen LogP contribution in [0.2, 0.25) is 0 Å². The third-order valence-electron chi connectivity index (χ3n) is 4.46. The molecule has 1 aliphatic heterocycles. The van der Waals surface area contributed by atoms with Crippen LogP contribution < -0.4 is 4.31 Å². The van der Waals surface area contributed by atoms with Crippen molar-refractivity contribution < 1.29 is 22.5 Å². The van der Waals surface area contributed by atoms with Crippen LogP contribution in [0.1, 0.15) is 35.7 Å². The highest BCUT2D eigenvalue weighted by Crippen LogP contribution is 2.26. The molecule has 9 nitrogen and oxygen atoms in total. The number of carbonyl (C=O) groups is 1. The Labute approximate surface area is 167 Å². The summed E-state index contributed by atoms with van der Waals surface area (Å²) in [5.41, 5.74) is 1.37. The van der Waals surface area contributed by atoms with Crippen molar-refractivity contribution in [2.75, 3.05) is 16.6 Å². The molecule has 0 N–H and O–H groups in total. The fourth-order valence-corrected chi connectivity index (χ4v) is 4.57. The fourth-order valence-electron chi connectivity index (χ4n) is 3.01. The number of esters is 1. The molecule has 1 aliphatic rings. The maximum atomic E-state index is 12.5. The van der Waals surface area contributed by atoms with Crippen molar-refractivity contribution in [3.8, 4) is 11.4 Å². The van der Waals surface area contributed by atoms with Crippen LogP contribution in [0.25, 0.3) is 11.4 Å². The molecular weight excluding hydrogens is 396 g/mol. The van der Waals surface area contributed by atoms with E-state index in [1.54, 1.807) is 49.6 Å². The lowest BCUT2D eigenvalue weighted by Crippen LogP contribution is -2.25. The summed E-state index contributed by atoms with van der Waals surface area (Å²) >= 11 is 0. The van der Waals surface area contributed by atoms with E-state index < -0.39 is 22.1 Å². The monoisotopic (exact) mass is 414 g/mol. The minimum absolute atomic E-state index is 0.106. The van der Waals surface area contributed by atoms with Crippen LogP contribution in [0.4, 0.5) is 5.69 Å². The first-order valence-corrected chi connectivity index (χ1v) is 10.6. The van der Waals surface area contributed by atoms with Crippen molar-refractivity contribution in [1.82, 2.24) is 15.1 Å². The Hall–Kier alpha value is -3.27. The lowest BCUT2D eigenvalue weighted by Gasteiger charge is -2.17. The van der Waals surface area contributed by atoms with Gasteiger partial charge in [-0.15, -0.1) is 0 Å². The Kier molecular flexibility index (Phi) is 5.01. The topological polar surface area (TPSA) is 115 Å². The maximum absolute atomic E-state index is 12.5. The van der Waals surface area contributed by atoms with Crippen LogP contribution in [0.5, 0.6) is 0 Å². The quantitative estimate of drug-likeness (QED) is 0.585. The summed E-state index contributed by atoms with van der Waals surface area (Å²) in [6, 6.07) is 9.89. The summed E-state index contributed by atoms with van der Waals surface area (Å²) in [5.74, 6) is -0.0143. The molecule has 3 heterocycles. The van der Waals surface area contributed by atoms with E-state index >= 15 is 0 Å². The van der Waals surface area contributed by atoms with Gasteiger partial charge in [0.05, 0.1) is 17.0 Å². The van der Waals surface area contributed by atoms with Crippen molar-refractivity contribution in [2.45, 2.75) is 19.4 Å². The second kappa shape index (κ2) is 7.63. The van der Waals surface area contributed by atoms with Gasteiger partial charge in [-0.1, -0.05) is 11.2 Å². The predicted molar refractivity (Wildman–Crippen MR) is 104 cm³/mol. The summed E-state index contributed by atoms with van der Waals surface area (Å²) in [7, 11) is -3.33. The number of aromatic nitrogens is 3. The standard InChI is InChI=1S/C19H18N4O5S/c1-13(18-21-17(22-28-18)15-6-3-8-20-12-15)27-19(24)14-5-2-7-16(11-14)23-9-4-10-29(23,25)26/h2-3,5-8,11-13H,4,9-10H2,1H3. The van der Waals surface area contributed by atoms with Gasteiger partial charge >= 0.3 is 5.97 Å². The number of carbonyl (C=O) groups excluding carboxylic acids is 1. The minimum atomic E-state index is -3.33. The van der Waals surface area contributed by atoms with E-state index in [2.05, 4.69) is 15.1 Å². The van der Waals surface area contributed by atoms with Gasteiger partial charge in [0, 0.05) is 24.5 Å². The Morgan fingerprint density at radius 1 is 1.28 bits per heavy atom. The highest BCUT2D eigenvalue weighted by Gasteiger charge is 2.29. The van der Waals surface area contributed by atoms with Crippen molar-refractivity contribution in [3.63, 3.8) is 0 Å². The van der Waals surface area contributed by atoms with Crippen LogP contribution >= 0.6 is 0 Å². The highest BCUT2D eigenvalue weighted by atomic mass is 32.2. The molecule has 1 fully saturated rings. The first-order chi connectivity index (χ1) is 13.9. The average molecular weight is 414 g/mol. The number of hydrogen-bond acceptors (Lipinski definition) is 8. The molecule has 0 aliphatic carbocycles. The summed E-state index contributed by atoms with van der Waals surface area (Å²) in [4.78, 5) is 20.8. The van der Waals surface area contributed by atoms with Crippen molar-refractivity contribution in [1.29, 1.82) is 0 Å². The van der Waals surface area contributed by atoms with Crippen LogP contribution in [0.15, 0.2) is 53.3 Å². The molecule has 1 atom stereocenters. The number of pyridine rings is 1. The van der Waals surface area contributed by atoms with Crippen LogP contribution in [-0.2, 0) is 14.8 Å². The van der Waals surface area contributed by atoms with Gasteiger partial charge in [-0.25, -0.2) is 13.2 Å². The molecule has 0 radical (unpaired) electrons. The summed E-state index contributed by atoms with van der Waals surface area (Å²) in [5, 5.41) is 3.88. The smallest absolute Gasteiger partial charge is 0.338 e. The molecule has 1 saturated heterocycles. The van der Waals surface area contributed by atoms with Crippen molar-refractivity contribution >= 4 is 21.7 Å². The van der Waals surface area contributed by atoms with Gasteiger partial charge in [0.25, 0.3) is 5.89 Å². The van der Waals surface area contributed by atoms with E-state index in [1.165, 1.54) is 10.4 Å². The summed E-state index contributed by atoms with van der Waals surface area (Å²) < 4.78 is 36.1. The predicted octanol–water partition coefficient (Wildman–Crippen LogP) is 2.59. The molecule has 29 heavy (non-hydrogen) atoms. The van der Waals surface area contributed by atoms with Gasteiger partial charge in [0.15, 0.2) is 6.10 Å². The van der Waals surface area contributed by atoms with E-state index in [9.17, 15) is 13.2 Å². The Balaban J connectivity index is 1.48. The van der Waals surface area contributed by atoms with Crippen molar-refractivity contribution in [3.05, 3.63) is 60.2 Å². The van der Waals surface area contributed by atoms with E-state index in [0.717, 1.165) is 0 Å². The zero-order valence-electron chi connectivity index (χ0n) is 15.6. The molecule has 0 spiro atoms. The SMILES string of the molecule is CC(OC(=O)c1cccc(N2CCCS2(=O)=O)c1)c1nc(-c2cccnc2)no1. The number of nitrogens with zero attached hydrogens (tertiary/aromatic N) is 4.